The first-order valence-corrected chi connectivity index (χ1v) is 22.4. The molecule has 3 aromatic rings. The van der Waals surface area contributed by atoms with Gasteiger partial charge in [-0.3, -0.25) is 0 Å². The van der Waals surface area contributed by atoms with Crippen molar-refractivity contribution in [3.05, 3.63) is 84.1 Å². The van der Waals surface area contributed by atoms with E-state index in [4.69, 9.17) is 0 Å². The van der Waals surface area contributed by atoms with E-state index in [1.807, 2.05) is 129 Å². The number of amides is 12. The fourth-order valence-electron chi connectivity index (χ4n) is 4.50. The van der Waals surface area contributed by atoms with Gasteiger partial charge in [-0.15, -0.1) is 0 Å². The molecule has 3 aromatic carbocycles. The van der Waals surface area contributed by atoms with Gasteiger partial charge in [0.15, 0.2) is 0 Å². The van der Waals surface area contributed by atoms with Gasteiger partial charge in [-0.2, -0.15) is 0 Å². The second kappa shape index (κ2) is 44.6. The van der Waals surface area contributed by atoms with Crippen LogP contribution in [-0.4, -0.2) is 68.9 Å². The molecule has 12 amide bonds. The molecule has 66 heavy (non-hydrogen) atoms. The highest BCUT2D eigenvalue weighted by Crippen LogP contribution is 2.25. The number of urea groups is 6. The summed E-state index contributed by atoms with van der Waals surface area (Å²) in [6, 6.07) is 14.3. The molecule has 0 bridgehead atoms. The lowest BCUT2D eigenvalue weighted by molar-refractivity contribution is 0.251. The molecule has 0 unspecified atom stereocenters. The topological polar surface area (TPSA) is 247 Å². The molecule has 0 aliphatic rings. The van der Waals surface area contributed by atoms with E-state index >= 15 is 0 Å². The minimum Gasteiger partial charge on any atom is -0.338 e. The van der Waals surface area contributed by atoms with E-state index in [0.29, 0.717) is 66.8 Å². The molecule has 376 valence electrons. The number of carbonyl (C=O) groups is 6. The van der Waals surface area contributed by atoms with Gasteiger partial charge in [0.2, 0.25) is 0 Å². The van der Waals surface area contributed by atoms with Gasteiger partial charge in [-0.1, -0.05) is 87.6 Å². The highest BCUT2D eigenvalue weighted by atomic mass is 16.2. The Labute approximate surface area is 398 Å². The van der Waals surface area contributed by atoms with Crippen molar-refractivity contribution in [2.75, 3.05) is 64.6 Å². The van der Waals surface area contributed by atoms with Crippen LogP contribution in [0.3, 0.4) is 0 Å². The van der Waals surface area contributed by atoms with Crippen LogP contribution < -0.4 is 63.8 Å². The van der Waals surface area contributed by atoms with E-state index in [1.54, 1.807) is 36.4 Å². The molecule has 0 saturated carbocycles. The first kappa shape index (κ1) is 68.1. The molecule has 0 radical (unpaired) electrons. The zero-order valence-corrected chi connectivity index (χ0v) is 42.0. The summed E-state index contributed by atoms with van der Waals surface area (Å²) in [5.74, 6) is 0. The van der Waals surface area contributed by atoms with Crippen molar-refractivity contribution in [3.63, 3.8) is 0 Å². The Balaban J connectivity index is -0.000000190. The van der Waals surface area contributed by atoms with Crippen LogP contribution in [0.25, 0.3) is 0 Å². The fourth-order valence-corrected chi connectivity index (χ4v) is 4.50. The van der Waals surface area contributed by atoms with Crippen molar-refractivity contribution >= 4 is 70.3 Å². The van der Waals surface area contributed by atoms with Crippen molar-refractivity contribution in [2.45, 2.75) is 118 Å². The second-order valence-corrected chi connectivity index (χ2v) is 11.9. The van der Waals surface area contributed by atoms with E-state index in [2.05, 4.69) is 70.4 Å². The lowest BCUT2D eigenvalue weighted by Gasteiger charge is -2.13. The monoisotopic (exact) mass is 930 g/mol. The molecule has 18 nitrogen and oxygen atoms in total. The molecule has 0 atom stereocenters. The number of aryl methyl sites for hydroxylation is 3. The van der Waals surface area contributed by atoms with E-state index in [9.17, 15) is 28.8 Å². The van der Waals surface area contributed by atoms with E-state index in [0.717, 1.165) is 16.7 Å². The van der Waals surface area contributed by atoms with Crippen LogP contribution in [0.15, 0.2) is 67.4 Å². The van der Waals surface area contributed by atoms with Crippen LogP contribution in [0.1, 0.15) is 116 Å². The summed E-state index contributed by atoms with van der Waals surface area (Å²) < 4.78 is 0. The summed E-state index contributed by atoms with van der Waals surface area (Å²) in [5, 5.41) is 31.7. The minimum absolute atomic E-state index is 0. The van der Waals surface area contributed by atoms with Crippen molar-refractivity contribution in [3.8, 4) is 0 Å². The van der Waals surface area contributed by atoms with Crippen molar-refractivity contribution in [1.29, 1.82) is 0 Å². The summed E-state index contributed by atoms with van der Waals surface area (Å²) >= 11 is 0. The van der Waals surface area contributed by atoms with E-state index < -0.39 is 6.03 Å². The SMILES string of the molecule is C.C=CNC(=O)Nc1cc(C)ccc1NC(=O)NCC.CC.CC.CC.CC.CCNC(=O)Nc1ccc(C)cc1NC(=O)NCC.CCNC(=O)Nc1ccc(C)cc1NC(=O)NCC.[2HH]. The van der Waals surface area contributed by atoms with Gasteiger partial charge >= 0.3 is 36.2 Å². The molecule has 0 spiro atoms. The predicted octanol–water partition coefficient (Wildman–Crippen LogP) is 11.9. The third-order valence-electron chi connectivity index (χ3n) is 6.93. The van der Waals surface area contributed by atoms with Gasteiger partial charge < -0.3 is 63.8 Å². The number of anilines is 6. The first-order valence-electron chi connectivity index (χ1n) is 22.4. The Kier molecular flexibility index (Phi) is 46.0. The number of carbonyl (C=O) groups excluding carboxylic acids is 6. The number of nitrogens with one attached hydrogen (secondary N) is 12. The zero-order chi connectivity index (χ0) is 50.8. The van der Waals surface area contributed by atoms with Gasteiger partial charge in [-0.05, 0) is 115 Å². The highest BCUT2D eigenvalue weighted by molar-refractivity contribution is 6.00. The zero-order valence-electron chi connectivity index (χ0n) is 42.0. The smallest absolute Gasteiger partial charge is 0.323 e. The summed E-state index contributed by atoms with van der Waals surface area (Å²) in [6.07, 6.45) is 1.28. The number of rotatable bonds is 12. The molecule has 0 aliphatic heterocycles. The fraction of sp³-hybridized carbons (Fsp3) is 0.458. The van der Waals surface area contributed by atoms with Crippen LogP contribution in [0.4, 0.5) is 62.9 Å². The van der Waals surface area contributed by atoms with Gasteiger partial charge in [0.25, 0.3) is 0 Å². The van der Waals surface area contributed by atoms with Crippen molar-refractivity contribution in [1.82, 2.24) is 31.9 Å². The van der Waals surface area contributed by atoms with Gasteiger partial charge in [-0.25, -0.2) is 28.8 Å². The minimum atomic E-state index is -0.417. The summed E-state index contributed by atoms with van der Waals surface area (Å²) in [5.41, 5.74) is 6.25. The maximum absolute atomic E-state index is 11.5. The summed E-state index contributed by atoms with van der Waals surface area (Å²) in [4.78, 5) is 69.1. The Morgan fingerprint density at radius 1 is 0.394 bits per heavy atom. The molecule has 0 saturated heterocycles. The molecular weight excluding hydrogens is 841 g/mol. The number of benzene rings is 3. The number of hydrogen-bond acceptors (Lipinski definition) is 6. The van der Waals surface area contributed by atoms with E-state index in [-0.39, 0.29) is 39.0 Å². The van der Waals surface area contributed by atoms with Crippen LogP contribution >= 0.6 is 0 Å². The Morgan fingerprint density at radius 2 is 0.591 bits per heavy atom. The average molecular weight is 930 g/mol. The molecule has 18 heteroatoms. The molecule has 0 aliphatic carbocycles. The normalized spacial score (nSPS) is 8.61. The maximum atomic E-state index is 11.5. The quantitative estimate of drug-likeness (QED) is 0.0841. The van der Waals surface area contributed by atoms with Crippen LogP contribution in [-0.2, 0) is 0 Å². The van der Waals surface area contributed by atoms with Crippen LogP contribution in [0.5, 0.6) is 0 Å². The third kappa shape index (κ3) is 32.7. The standard InChI is InChI=1S/2C13H20N4O2.C13H18N4O2.4C2H6.CH4.H2/c3*1-4-14-12(18)16-10-7-6-9(3)8-11(10)17-13(19)15-5-2;4*1-2;;/h2*6-8H,4-5H2,1-3H3,(H2,14,16,18)(H2,15,17,19);5-8H,2,4H2,1,3H3,(H2,14,16,18)(H2,15,17,19);4*1-2H3;1H4;1H/i;;;;;;;;1+1. The third-order valence-corrected chi connectivity index (χ3v) is 6.93. The van der Waals surface area contributed by atoms with Gasteiger partial charge in [0.1, 0.15) is 0 Å². The summed E-state index contributed by atoms with van der Waals surface area (Å²) in [7, 11) is 0. The Bertz CT molecular complexity index is 1740. The Hall–Kier alpha value is -6.98. The molecular formula is C48H88N12O6. The first-order chi connectivity index (χ1) is 31.2. The molecule has 3 rings (SSSR count). The van der Waals surface area contributed by atoms with Crippen molar-refractivity contribution in [2.24, 2.45) is 0 Å². The van der Waals surface area contributed by atoms with Crippen LogP contribution in [0, 0.1) is 20.8 Å². The molecule has 0 heterocycles. The lowest BCUT2D eigenvalue weighted by Crippen LogP contribution is -2.31. The largest absolute Gasteiger partial charge is 0.338 e. The predicted molar refractivity (Wildman–Crippen MR) is 284 cm³/mol. The molecule has 0 fully saturated rings. The highest BCUT2D eigenvalue weighted by Gasteiger charge is 2.11. The van der Waals surface area contributed by atoms with Crippen molar-refractivity contribution < 1.29 is 30.2 Å². The molecule has 0 aromatic heterocycles. The lowest BCUT2D eigenvalue weighted by atomic mass is 10.2. The second-order valence-electron chi connectivity index (χ2n) is 11.9. The maximum Gasteiger partial charge on any atom is 0.323 e. The van der Waals surface area contributed by atoms with Gasteiger partial charge in [0, 0.05) is 34.2 Å². The Morgan fingerprint density at radius 3 is 0.788 bits per heavy atom. The van der Waals surface area contributed by atoms with Crippen LogP contribution in [0.2, 0.25) is 0 Å². The molecule has 12 N–H and O–H groups in total. The summed E-state index contributed by atoms with van der Waals surface area (Å²) in [6.45, 7) is 37.0. The van der Waals surface area contributed by atoms with Gasteiger partial charge in [0.05, 0.1) is 34.1 Å². The average Bonchev–Trinajstić information content (AvgIpc) is 3.27. The number of hydrogen-bond donors (Lipinski definition) is 12. The van der Waals surface area contributed by atoms with E-state index in [1.165, 1.54) is 6.20 Å².